The molecule has 0 unspecified atom stereocenters. The first-order valence-electron chi connectivity index (χ1n) is 17.2. The van der Waals surface area contributed by atoms with Crippen LogP contribution in [0.25, 0.3) is 0 Å². The molecule has 2 aromatic heterocycles. The maximum absolute atomic E-state index is 14.1. The average Bonchev–Trinajstić information content (AvgIpc) is 3.49. The van der Waals surface area contributed by atoms with Gasteiger partial charge in [-0.25, -0.2) is 9.67 Å². The molecular formula is C39H53N5O3Si. The van der Waals surface area contributed by atoms with E-state index in [2.05, 4.69) is 118 Å². The van der Waals surface area contributed by atoms with Gasteiger partial charge in [0.15, 0.2) is 0 Å². The second kappa shape index (κ2) is 13.6. The summed E-state index contributed by atoms with van der Waals surface area (Å²) < 4.78 is 15.5. The third-order valence-corrected chi connectivity index (χ3v) is 14.3. The quantitative estimate of drug-likeness (QED) is 0.146. The Labute approximate surface area is 287 Å². The lowest BCUT2D eigenvalue weighted by molar-refractivity contribution is -0.171. The van der Waals surface area contributed by atoms with Crippen LogP contribution in [0.5, 0.6) is 0 Å². The smallest absolute Gasteiger partial charge is 0.312 e. The van der Waals surface area contributed by atoms with E-state index in [4.69, 9.17) is 14.1 Å². The lowest BCUT2D eigenvalue weighted by Gasteiger charge is -2.47. The molecule has 5 rings (SSSR count). The maximum Gasteiger partial charge on any atom is 0.312 e. The van der Waals surface area contributed by atoms with Crippen molar-refractivity contribution in [1.82, 2.24) is 19.7 Å². The molecule has 0 bridgehead atoms. The summed E-state index contributed by atoms with van der Waals surface area (Å²) in [5.74, 6) is 1.27. The molecule has 256 valence electrons. The van der Waals surface area contributed by atoms with Gasteiger partial charge in [-0.05, 0) is 82.6 Å². The number of esters is 1. The number of nitrogens with one attached hydrogen (secondary N) is 1. The Morgan fingerprint density at radius 3 is 1.98 bits per heavy atom. The largest absolute Gasteiger partial charge is 0.460 e. The van der Waals surface area contributed by atoms with Crippen LogP contribution in [0, 0.1) is 5.41 Å². The molecule has 0 saturated heterocycles. The number of carbonyl (C=O) groups excluding carboxylic acids is 1. The molecule has 1 aliphatic rings. The van der Waals surface area contributed by atoms with Crippen molar-refractivity contribution in [3.8, 4) is 0 Å². The highest BCUT2D eigenvalue weighted by Gasteiger charge is 2.53. The van der Waals surface area contributed by atoms with Crippen LogP contribution < -0.4 is 15.7 Å². The molecule has 0 amide bonds. The standard InChI is InChI=1S/C39H53N5O3Si/c1-36(2,3)44-34(22-25-41-44)43-33-28-40-27-29(42-33)26-39(35(45)46-37(4,5)6)23-20-30(21-24-39)47-48(38(7,8)9,31-16-12-10-13-17-31)32-18-14-11-15-19-32/h10-19,22,25,27-28,30H,20-21,23-24,26H2,1-9H3,(H,42,43). The number of hydrogen-bond donors (Lipinski definition) is 1. The van der Waals surface area contributed by atoms with E-state index in [9.17, 15) is 4.79 Å². The summed E-state index contributed by atoms with van der Waals surface area (Å²) in [6.07, 6.45) is 8.47. The normalized spacial score (nSPS) is 19.1. The fourth-order valence-electron chi connectivity index (χ4n) is 7.00. The van der Waals surface area contributed by atoms with Crippen molar-refractivity contribution >= 4 is 36.3 Å². The van der Waals surface area contributed by atoms with Crippen LogP contribution in [0.4, 0.5) is 11.6 Å². The van der Waals surface area contributed by atoms with E-state index in [0.717, 1.165) is 24.4 Å². The number of carbonyl (C=O) groups is 1. The molecule has 0 atom stereocenters. The van der Waals surface area contributed by atoms with Crippen molar-refractivity contribution in [1.29, 1.82) is 0 Å². The Kier molecular flexibility index (Phi) is 10.0. The molecule has 2 aromatic carbocycles. The summed E-state index contributed by atoms with van der Waals surface area (Å²) in [6, 6.07) is 23.4. The van der Waals surface area contributed by atoms with Gasteiger partial charge < -0.3 is 14.5 Å². The van der Waals surface area contributed by atoms with Crippen LogP contribution in [0.2, 0.25) is 5.04 Å². The number of nitrogens with zero attached hydrogens (tertiary/aromatic N) is 4. The second-order valence-electron chi connectivity index (χ2n) is 16.3. The molecule has 1 saturated carbocycles. The van der Waals surface area contributed by atoms with Gasteiger partial charge in [0.2, 0.25) is 0 Å². The second-order valence-corrected chi connectivity index (χ2v) is 20.5. The summed E-state index contributed by atoms with van der Waals surface area (Å²) in [7, 11) is -2.73. The van der Waals surface area contributed by atoms with E-state index < -0.39 is 19.3 Å². The minimum atomic E-state index is -2.73. The van der Waals surface area contributed by atoms with E-state index >= 15 is 0 Å². The third kappa shape index (κ3) is 7.73. The van der Waals surface area contributed by atoms with Gasteiger partial charge in [-0.2, -0.15) is 5.10 Å². The van der Waals surface area contributed by atoms with Gasteiger partial charge in [0.05, 0.1) is 29.0 Å². The monoisotopic (exact) mass is 667 g/mol. The number of benzene rings is 2. The highest BCUT2D eigenvalue weighted by atomic mass is 28.4. The molecule has 2 heterocycles. The Hall–Kier alpha value is -3.82. The van der Waals surface area contributed by atoms with Crippen molar-refractivity contribution in [2.45, 2.75) is 117 Å². The number of ether oxygens (including phenoxy) is 1. The highest BCUT2D eigenvalue weighted by Crippen LogP contribution is 2.45. The van der Waals surface area contributed by atoms with Gasteiger partial charge in [0, 0.05) is 24.8 Å². The highest BCUT2D eigenvalue weighted by molar-refractivity contribution is 6.99. The van der Waals surface area contributed by atoms with E-state index in [1.807, 2.05) is 31.5 Å². The summed E-state index contributed by atoms with van der Waals surface area (Å²) >= 11 is 0. The Balaban J connectivity index is 1.43. The molecule has 4 aromatic rings. The molecule has 9 heteroatoms. The fourth-order valence-corrected chi connectivity index (χ4v) is 11.8. The fraction of sp³-hybridized carbons (Fsp3) is 0.487. The lowest BCUT2D eigenvalue weighted by Crippen LogP contribution is -2.68. The van der Waals surface area contributed by atoms with Gasteiger partial charge in [-0.3, -0.25) is 9.78 Å². The van der Waals surface area contributed by atoms with Crippen molar-refractivity contribution in [2.24, 2.45) is 5.41 Å². The number of hydrogen-bond acceptors (Lipinski definition) is 7. The Morgan fingerprint density at radius 1 is 0.875 bits per heavy atom. The lowest BCUT2D eigenvalue weighted by atomic mass is 9.70. The Bertz CT molecular complexity index is 1620. The average molecular weight is 668 g/mol. The molecule has 0 spiro atoms. The van der Waals surface area contributed by atoms with Crippen molar-refractivity contribution < 1.29 is 14.0 Å². The Morgan fingerprint density at radius 2 is 1.46 bits per heavy atom. The molecular weight excluding hydrogens is 615 g/mol. The molecule has 1 aliphatic carbocycles. The van der Waals surface area contributed by atoms with Crippen LogP contribution in [-0.2, 0) is 25.9 Å². The van der Waals surface area contributed by atoms with Crippen molar-refractivity contribution in [3.05, 3.63) is 91.0 Å². The van der Waals surface area contributed by atoms with Crippen LogP contribution in [0.1, 0.15) is 93.7 Å². The first-order chi connectivity index (χ1) is 22.5. The molecule has 1 fully saturated rings. The third-order valence-electron chi connectivity index (χ3n) is 9.22. The molecule has 8 nitrogen and oxygen atoms in total. The van der Waals surface area contributed by atoms with E-state index in [1.54, 1.807) is 18.6 Å². The predicted molar refractivity (Wildman–Crippen MR) is 195 cm³/mol. The van der Waals surface area contributed by atoms with Crippen LogP contribution in [0.15, 0.2) is 85.3 Å². The predicted octanol–water partition coefficient (Wildman–Crippen LogP) is 7.56. The first kappa shape index (κ1) is 35.5. The molecule has 1 N–H and O–H groups in total. The maximum atomic E-state index is 14.1. The van der Waals surface area contributed by atoms with Crippen molar-refractivity contribution in [2.75, 3.05) is 5.32 Å². The van der Waals surface area contributed by atoms with Crippen molar-refractivity contribution in [3.63, 3.8) is 0 Å². The summed E-state index contributed by atoms with van der Waals surface area (Å²) in [5.41, 5.74) is -0.794. The zero-order valence-corrected chi connectivity index (χ0v) is 31.2. The number of rotatable bonds is 9. The van der Waals surface area contributed by atoms with Gasteiger partial charge in [0.1, 0.15) is 17.2 Å². The van der Waals surface area contributed by atoms with Crippen LogP contribution in [0.3, 0.4) is 0 Å². The molecule has 0 aliphatic heterocycles. The molecule has 0 radical (unpaired) electrons. The summed E-state index contributed by atoms with van der Waals surface area (Å²) in [6.45, 7) is 19.0. The zero-order valence-electron chi connectivity index (χ0n) is 30.2. The van der Waals surface area contributed by atoms with Crippen LogP contribution in [-0.4, -0.2) is 45.7 Å². The first-order valence-corrected chi connectivity index (χ1v) is 19.1. The van der Waals surface area contributed by atoms with Gasteiger partial charge in [-0.15, -0.1) is 0 Å². The summed E-state index contributed by atoms with van der Waals surface area (Å²) in [5, 5.41) is 10.3. The molecule has 48 heavy (non-hydrogen) atoms. The minimum absolute atomic E-state index is 0.00337. The number of aromatic nitrogens is 4. The van der Waals surface area contributed by atoms with E-state index in [0.29, 0.717) is 25.1 Å². The SMILES string of the molecule is CC(C)(C)OC(=O)C1(Cc2cncc(Nc3ccnn3C(C)(C)C)n2)CCC(O[Si](c2ccccc2)(c2ccccc2)C(C)(C)C)CC1. The van der Waals surface area contributed by atoms with E-state index in [1.165, 1.54) is 10.4 Å². The van der Waals surface area contributed by atoms with Gasteiger partial charge in [0.25, 0.3) is 8.32 Å². The minimum Gasteiger partial charge on any atom is -0.460 e. The summed E-state index contributed by atoms with van der Waals surface area (Å²) in [4.78, 5) is 23.6. The number of anilines is 2. The van der Waals surface area contributed by atoms with Gasteiger partial charge in [-0.1, -0.05) is 81.4 Å². The van der Waals surface area contributed by atoms with Crippen LogP contribution >= 0.6 is 0 Å². The van der Waals surface area contributed by atoms with Gasteiger partial charge >= 0.3 is 5.97 Å². The topological polar surface area (TPSA) is 91.2 Å². The zero-order chi connectivity index (χ0) is 34.8. The van der Waals surface area contributed by atoms with E-state index in [-0.39, 0.29) is 22.7 Å².